The summed E-state index contributed by atoms with van der Waals surface area (Å²) >= 11 is 1.83. The molecule has 196 valence electrons. The highest BCUT2D eigenvalue weighted by Crippen LogP contribution is 2.33. The molecule has 0 aliphatic carbocycles. The molecule has 0 bridgehead atoms. The van der Waals surface area contributed by atoms with E-state index in [-0.39, 0.29) is 0 Å². The van der Waals surface area contributed by atoms with Crippen molar-refractivity contribution >= 4 is 33.6 Å². The fourth-order valence-corrected chi connectivity index (χ4v) is 6.11. The van der Waals surface area contributed by atoms with Crippen LogP contribution in [0.3, 0.4) is 0 Å². The molecule has 0 unspecified atom stereocenters. The van der Waals surface area contributed by atoms with E-state index in [1.54, 1.807) is 18.7 Å². The number of aromatic nitrogens is 1. The molecule has 4 heterocycles. The van der Waals surface area contributed by atoms with Gasteiger partial charge in [0.25, 0.3) is 0 Å². The van der Waals surface area contributed by atoms with Gasteiger partial charge in [-0.25, -0.2) is 0 Å². The number of anilines is 2. The van der Waals surface area contributed by atoms with Crippen molar-refractivity contribution in [3.05, 3.63) is 100 Å². The highest BCUT2D eigenvalue weighted by atomic mass is 32.1. The molecule has 6 rings (SSSR count). The maximum Gasteiger partial charge on any atom is 0.103 e. The first kappa shape index (κ1) is 25.3. The second-order valence-corrected chi connectivity index (χ2v) is 11.0. The first-order valence-corrected chi connectivity index (χ1v) is 14.3. The monoisotopic (exact) mass is 533 g/mol. The highest BCUT2D eigenvalue weighted by Gasteiger charge is 2.17. The van der Waals surface area contributed by atoms with Crippen LogP contribution in [0.25, 0.3) is 22.0 Å². The van der Waals surface area contributed by atoms with E-state index >= 15 is 0 Å². The summed E-state index contributed by atoms with van der Waals surface area (Å²) in [5.74, 6) is 0. The van der Waals surface area contributed by atoms with Crippen LogP contribution in [0.15, 0.2) is 83.1 Å². The second-order valence-electron chi connectivity index (χ2n) is 10.0. The molecule has 1 aliphatic rings. The highest BCUT2D eigenvalue weighted by molar-refractivity contribution is 7.10. The van der Waals surface area contributed by atoms with Crippen LogP contribution in [0.4, 0.5) is 11.4 Å². The van der Waals surface area contributed by atoms with E-state index in [4.69, 9.17) is 4.42 Å². The van der Waals surface area contributed by atoms with Gasteiger partial charge < -0.3 is 14.6 Å². The molecule has 0 atom stereocenters. The lowest BCUT2D eigenvalue weighted by molar-refractivity contribution is 0.133. The number of nitriles is 1. The van der Waals surface area contributed by atoms with E-state index < -0.39 is 0 Å². The third kappa shape index (κ3) is 5.74. The number of hydrogen-bond donors (Lipinski definition) is 1. The van der Waals surface area contributed by atoms with Crippen molar-refractivity contribution in [2.45, 2.75) is 19.9 Å². The lowest BCUT2D eigenvalue weighted by Crippen LogP contribution is -2.45. The zero-order valence-electron chi connectivity index (χ0n) is 22.1. The van der Waals surface area contributed by atoms with Gasteiger partial charge in [0.15, 0.2) is 0 Å². The van der Waals surface area contributed by atoms with Crippen LogP contribution < -0.4 is 5.32 Å². The number of benzene rings is 2. The molecule has 1 aliphatic heterocycles. The van der Waals surface area contributed by atoms with E-state index in [2.05, 4.69) is 74.9 Å². The molecular formula is C32H31N5OS. The minimum atomic E-state index is 0.527. The van der Waals surface area contributed by atoms with Gasteiger partial charge >= 0.3 is 0 Å². The van der Waals surface area contributed by atoms with Crippen LogP contribution >= 0.6 is 11.3 Å². The van der Waals surface area contributed by atoms with Crippen LogP contribution in [0.5, 0.6) is 0 Å². The number of likely N-dealkylation sites (N-methyl/N-ethyl adjacent to an activating group) is 1. The van der Waals surface area contributed by atoms with Gasteiger partial charge in [0.05, 0.1) is 29.3 Å². The van der Waals surface area contributed by atoms with Crippen LogP contribution in [-0.4, -0.2) is 47.5 Å². The fraction of sp³-hybridized carbons (Fsp3) is 0.250. The summed E-state index contributed by atoms with van der Waals surface area (Å²) in [5.41, 5.74) is 7.82. The van der Waals surface area contributed by atoms with Gasteiger partial charge in [-0.3, -0.25) is 9.88 Å². The summed E-state index contributed by atoms with van der Waals surface area (Å²) in [6, 6.07) is 21.2. The second kappa shape index (κ2) is 11.4. The SMILES string of the molecule is CCN1CCN(Cc2cc(-c3ccc4c(Nc5ccc(Cc6ccoc6)cc5)c(C#N)cnc4c3)cs2)CC1. The van der Waals surface area contributed by atoms with Crippen LogP contribution in [0, 0.1) is 11.3 Å². The van der Waals surface area contributed by atoms with Gasteiger partial charge in [-0.05, 0) is 64.5 Å². The van der Waals surface area contributed by atoms with Crippen molar-refractivity contribution in [2.75, 3.05) is 38.0 Å². The van der Waals surface area contributed by atoms with E-state index in [0.717, 1.165) is 79.1 Å². The fourth-order valence-electron chi connectivity index (χ4n) is 5.17. The Balaban J connectivity index is 1.20. The zero-order chi connectivity index (χ0) is 26.6. The van der Waals surface area contributed by atoms with E-state index in [9.17, 15) is 5.26 Å². The Bertz CT molecular complexity index is 1590. The molecule has 0 radical (unpaired) electrons. The number of pyridine rings is 1. The predicted octanol–water partition coefficient (Wildman–Crippen LogP) is 6.90. The molecule has 5 aromatic rings. The Morgan fingerprint density at radius 1 is 0.974 bits per heavy atom. The Hall–Kier alpha value is -3.96. The molecule has 7 heteroatoms. The van der Waals surface area contributed by atoms with Gasteiger partial charge in [-0.1, -0.05) is 31.2 Å². The van der Waals surface area contributed by atoms with Crippen LogP contribution in [0.2, 0.25) is 0 Å². The van der Waals surface area contributed by atoms with E-state index in [0.29, 0.717) is 5.56 Å². The summed E-state index contributed by atoms with van der Waals surface area (Å²) in [6.07, 6.45) is 5.95. The van der Waals surface area contributed by atoms with Crippen molar-refractivity contribution in [3.8, 4) is 17.2 Å². The van der Waals surface area contributed by atoms with Gasteiger partial charge in [-0.15, -0.1) is 11.3 Å². The number of hydrogen-bond acceptors (Lipinski definition) is 7. The normalized spacial score (nSPS) is 14.5. The van der Waals surface area contributed by atoms with Crippen molar-refractivity contribution in [1.82, 2.24) is 14.8 Å². The van der Waals surface area contributed by atoms with Crippen molar-refractivity contribution in [3.63, 3.8) is 0 Å². The molecule has 0 spiro atoms. The minimum absolute atomic E-state index is 0.527. The first-order valence-electron chi connectivity index (χ1n) is 13.4. The summed E-state index contributed by atoms with van der Waals surface area (Å²) < 4.78 is 5.18. The Labute approximate surface area is 233 Å². The number of nitrogens with one attached hydrogen (secondary N) is 1. The van der Waals surface area contributed by atoms with Gasteiger partial charge in [0.2, 0.25) is 0 Å². The molecule has 2 aromatic carbocycles. The Morgan fingerprint density at radius 2 is 1.79 bits per heavy atom. The van der Waals surface area contributed by atoms with Crippen molar-refractivity contribution < 1.29 is 4.42 Å². The van der Waals surface area contributed by atoms with Crippen molar-refractivity contribution in [2.24, 2.45) is 0 Å². The predicted molar refractivity (Wildman–Crippen MR) is 158 cm³/mol. The number of thiophene rings is 1. The van der Waals surface area contributed by atoms with E-state index in [1.165, 1.54) is 16.0 Å². The summed E-state index contributed by atoms with van der Waals surface area (Å²) in [5, 5.41) is 16.5. The smallest absolute Gasteiger partial charge is 0.103 e. The number of furan rings is 1. The largest absolute Gasteiger partial charge is 0.472 e. The maximum atomic E-state index is 9.80. The molecule has 1 fully saturated rings. The Kier molecular flexibility index (Phi) is 7.42. The lowest BCUT2D eigenvalue weighted by atomic mass is 10.0. The molecule has 0 saturated carbocycles. The number of nitrogens with zero attached hydrogens (tertiary/aromatic N) is 4. The van der Waals surface area contributed by atoms with Gasteiger partial charge in [0, 0.05) is 61.3 Å². The average Bonchev–Trinajstić information content (AvgIpc) is 3.67. The quantitative estimate of drug-likeness (QED) is 0.234. The summed E-state index contributed by atoms with van der Waals surface area (Å²) in [6.45, 7) is 8.95. The van der Waals surface area contributed by atoms with Crippen LogP contribution in [-0.2, 0) is 13.0 Å². The van der Waals surface area contributed by atoms with E-state index in [1.807, 2.05) is 29.5 Å². The van der Waals surface area contributed by atoms with Crippen LogP contribution in [0.1, 0.15) is 28.5 Å². The average molecular weight is 534 g/mol. The molecule has 3 aromatic heterocycles. The molecule has 1 saturated heterocycles. The topological polar surface area (TPSA) is 68.3 Å². The minimum Gasteiger partial charge on any atom is -0.472 e. The Morgan fingerprint density at radius 3 is 2.54 bits per heavy atom. The third-order valence-corrected chi connectivity index (χ3v) is 8.40. The third-order valence-electron chi connectivity index (χ3n) is 7.48. The summed E-state index contributed by atoms with van der Waals surface area (Å²) in [4.78, 5) is 11.1. The standard InChI is InChI=1S/C32H31N5OS/c1-2-36-10-12-37(13-11-36)20-29-16-26(22-39-29)25-5-8-30-31(17-25)34-19-27(18-33)32(30)35-28-6-3-23(4-7-28)15-24-9-14-38-21-24/h3-9,14,16-17,19,21-22H,2,10-13,15,20H2,1H3,(H,34,35). The van der Waals surface area contributed by atoms with Gasteiger partial charge in [-0.2, -0.15) is 5.26 Å². The molecule has 1 N–H and O–H groups in total. The first-order chi connectivity index (χ1) is 19.2. The zero-order valence-corrected chi connectivity index (χ0v) is 22.9. The van der Waals surface area contributed by atoms with Gasteiger partial charge in [0.1, 0.15) is 6.07 Å². The number of rotatable bonds is 8. The number of piperazine rings is 1. The maximum absolute atomic E-state index is 9.80. The lowest BCUT2D eigenvalue weighted by Gasteiger charge is -2.33. The molecule has 39 heavy (non-hydrogen) atoms. The summed E-state index contributed by atoms with van der Waals surface area (Å²) in [7, 11) is 0. The van der Waals surface area contributed by atoms with Crippen molar-refractivity contribution in [1.29, 1.82) is 5.26 Å². The molecule has 6 nitrogen and oxygen atoms in total. The molecular weight excluding hydrogens is 502 g/mol. The number of fused-ring (bicyclic) bond motifs is 1. The molecule has 0 amide bonds.